The van der Waals surface area contributed by atoms with Gasteiger partial charge in [0.2, 0.25) is 0 Å². The smallest absolute Gasteiger partial charge is 0.306 e. The molecule has 10 nitrogen and oxygen atoms in total. The van der Waals surface area contributed by atoms with Crippen LogP contribution in [0.5, 0.6) is 0 Å². The molecule has 0 amide bonds. The van der Waals surface area contributed by atoms with E-state index < -0.39 is 49.4 Å². The maximum atomic E-state index is 12.8. The average Bonchev–Trinajstić information content (AvgIpc) is 3.23. The summed E-state index contributed by atoms with van der Waals surface area (Å²) in [4.78, 5) is 25.3. The first-order valence-corrected chi connectivity index (χ1v) is 24.8. The summed E-state index contributed by atoms with van der Waals surface area (Å²) in [6.45, 7) is 3.41. The second-order valence-corrected chi connectivity index (χ2v) is 17.3. The van der Waals surface area contributed by atoms with E-state index in [1.54, 1.807) is 0 Å². The van der Waals surface area contributed by atoms with Gasteiger partial charge in [0.15, 0.2) is 12.4 Å². The molecule has 59 heavy (non-hydrogen) atoms. The molecule has 1 saturated heterocycles. The van der Waals surface area contributed by atoms with Gasteiger partial charge in [-0.3, -0.25) is 9.59 Å². The lowest BCUT2D eigenvalue weighted by Crippen LogP contribution is -2.59. The first-order chi connectivity index (χ1) is 28.8. The molecule has 1 heterocycles. The first kappa shape index (κ1) is 55.5. The molecule has 0 radical (unpaired) electrons. The number of unbranched alkanes of at least 4 members (excludes halogenated alkanes) is 29. The molecule has 0 saturated carbocycles. The third-order valence-electron chi connectivity index (χ3n) is 11.7. The number of carbonyl (C=O) groups excluding carboxylic acids is 2. The van der Waals surface area contributed by atoms with Gasteiger partial charge in [-0.25, -0.2) is 0 Å². The molecular formula is C49H92O10. The fourth-order valence-corrected chi connectivity index (χ4v) is 7.70. The van der Waals surface area contributed by atoms with Crippen LogP contribution in [-0.2, 0) is 28.5 Å². The number of rotatable bonds is 42. The van der Waals surface area contributed by atoms with E-state index in [1.807, 2.05) is 0 Å². The largest absolute Gasteiger partial charge is 0.462 e. The number of allylic oxidation sites excluding steroid dienone is 2. The van der Waals surface area contributed by atoms with Crippen molar-refractivity contribution in [3.05, 3.63) is 12.2 Å². The van der Waals surface area contributed by atoms with Crippen molar-refractivity contribution in [3.63, 3.8) is 0 Å². The fourth-order valence-electron chi connectivity index (χ4n) is 7.70. The summed E-state index contributed by atoms with van der Waals surface area (Å²) in [7, 11) is 0. The summed E-state index contributed by atoms with van der Waals surface area (Å²) in [5.74, 6) is -0.806. The van der Waals surface area contributed by atoms with Crippen molar-refractivity contribution in [2.45, 2.75) is 269 Å². The number of carbonyl (C=O) groups is 2. The van der Waals surface area contributed by atoms with Gasteiger partial charge in [-0.1, -0.05) is 199 Å². The standard InChI is InChI=1S/C49H92O10/c1-3-5-7-9-11-13-15-16-17-18-19-20-21-22-23-24-25-26-28-30-32-34-36-38-45(52)58-42(41-57-49-48(55)47(54)46(53)43(39-50)59-49)40-56-44(51)37-35-33-31-29-27-14-12-10-8-6-4-2/h10,12,42-43,46-50,53-55H,3-9,11,13-41H2,1-2H3/b12-10+/t42-,43-,46+,47?,48?,49-/m1/s1. The van der Waals surface area contributed by atoms with Crippen molar-refractivity contribution >= 4 is 11.9 Å². The highest BCUT2D eigenvalue weighted by atomic mass is 16.7. The number of ether oxygens (including phenoxy) is 4. The lowest BCUT2D eigenvalue weighted by molar-refractivity contribution is -0.305. The Kier molecular flexibility index (Phi) is 38.1. The zero-order valence-electron chi connectivity index (χ0n) is 38.0. The molecule has 1 aliphatic rings. The van der Waals surface area contributed by atoms with Crippen LogP contribution in [0.4, 0.5) is 0 Å². The Hall–Kier alpha value is -1.56. The average molecular weight is 841 g/mol. The van der Waals surface area contributed by atoms with Gasteiger partial charge in [0.25, 0.3) is 0 Å². The van der Waals surface area contributed by atoms with E-state index >= 15 is 0 Å². The van der Waals surface area contributed by atoms with E-state index in [4.69, 9.17) is 18.9 Å². The van der Waals surface area contributed by atoms with Gasteiger partial charge >= 0.3 is 11.9 Å². The molecule has 1 fully saturated rings. The molecule has 6 atom stereocenters. The molecule has 348 valence electrons. The fraction of sp³-hybridized carbons (Fsp3) is 0.918. The van der Waals surface area contributed by atoms with E-state index in [9.17, 15) is 30.0 Å². The Morgan fingerprint density at radius 3 is 1.37 bits per heavy atom. The number of esters is 2. The van der Waals surface area contributed by atoms with Crippen LogP contribution in [-0.4, -0.2) is 89.0 Å². The maximum Gasteiger partial charge on any atom is 0.306 e. The van der Waals surface area contributed by atoms with E-state index in [0.717, 1.165) is 64.2 Å². The van der Waals surface area contributed by atoms with Gasteiger partial charge in [0.1, 0.15) is 31.0 Å². The van der Waals surface area contributed by atoms with E-state index in [-0.39, 0.29) is 32.0 Å². The highest BCUT2D eigenvalue weighted by Crippen LogP contribution is 2.23. The van der Waals surface area contributed by atoms with Crippen molar-refractivity contribution in [1.82, 2.24) is 0 Å². The predicted molar refractivity (Wildman–Crippen MR) is 238 cm³/mol. The van der Waals surface area contributed by atoms with Gasteiger partial charge in [-0.15, -0.1) is 0 Å². The molecule has 1 aliphatic heterocycles. The molecule has 0 aromatic heterocycles. The number of hydrogen-bond donors (Lipinski definition) is 4. The first-order valence-electron chi connectivity index (χ1n) is 24.8. The maximum absolute atomic E-state index is 12.8. The third-order valence-corrected chi connectivity index (χ3v) is 11.7. The second-order valence-electron chi connectivity index (χ2n) is 17.3. The Morgan fingerprint density at radius 2 is 0.915 bits per heavy atom. The highest BCUT2D eigenvalue weighted by molar-refractivity contribution is 5.70. The minimum Gasteiger partial charge on any atom is -0.462 e. The Balaban J connectivity index is 2.21. The third kappa shape index (κ3) is 31.9. The van der Waals surface area contributed by atoms with Crippen molar-refractivity contribution in [2.75, 3.05) is 19.8 Å². The Morgan fingerprint density at radius 1 is 0.508 bits per heavy atom. The Bertz CT molecular complexity index is 974. The molecular weight excluding hydrogens is 749 g/mol. The lowest BCUT2D eigenvalue weighted by Gasteiger charge is -2.39. The molecule has 1 rings (SSSR count). The van der Waals surface area contributed by atoms with Crippen molar-refractivity contribution in [2.24, 2.45) is 0 Å². The van der Waals surface area contributed by atoms with Crippen LogP contribution in [0.1, 0.15) is 232 Å². The summed E-state index contributed by atoms with van der Waals surface area (Å²) in [5, 5.41) is 40.1. The van der Waals surface area contributed by atoms with Gasteiger partial charge in [0, 0.05) is 12.8 Å². The van der Waals surface area contributed by atoms with Gasteiger partial charge in [-0.2, -0.15) is 0 Å². The van der Waals surface area contributed by atoms with Crippen LogP contribution >= 0.6 is 0 Å². The topological polar surface area (TPSA) is 152 Å². The summed E-state index contributed by atoms with van der Waals surface area (Å²) < 4.78 is 22.2. The van der Waals surface area contributed by atoms with Crippen LogP contribution < -0.4 is 0 Å². The molecule has 0 aromatic carbocycles. The molecule has 4 N–H and O–H groups in total. The molecule has 0 spiro atoms. The van der Waals surface area contributed by atoms with Crippen molar-refractivity contribution in [3.8, 4) is 0 Å². The zero-order valence-corrected chi connectivity index (χ0v) is 38.0. The van der Waals surface area contributed by atoms with Crippen LogP contribution in [0.2, 0.25) is 0 Å². The van der Waals surface area contributed by atoms with E-state index in [0.29, 0.717) is 6.42 Å². The van der Waals surface area contributed by atoms with Crippen LogP contribution in [0.15, 0.2) is 12.2 Å². The quantitative estimate of drug-likeness (QED) is 0.0265. The predicted octanol–water partition coefficient (Wildman–Crippen LogP) is 11.1. The van der Waals surface area contributed by atoms with Gasteiger partial charge in [0.05, 0.1) is 13.2 Å². The Labute approximate surface area is 361 Å². The minimum absolute atomic E-state index is 0.217. The summed E-state index contributed by atoms with van der Waals surface area (Å²) >= 11 is 0. The van der Waals surface area contributed by atoms with Crippen molar-refractivity contribution in [1.29, 1.82) is 0 Å². The van der Waals surface area contributed by atoms with Crippen LogP contribution in [0.25, 0.3) is 0 Å². The van der Waals surface area contributed by atoms with Crippen molar-refractivity contribution < 1.29 is 49.0 Å². The molecule has 0 aliphatic carbocycles. The molecule has 0 bridgehead atoms. The number of hydrogen-bond acceptors (Lipinski definition) is 10. The monoisotopic (exact) mass is 841 g/mol. The molecule has 0 aromatic rings. The number of aliphatic hydroxyl groups is 4. The molecule has 10 heteroatoms. The lowest BCUT2D eigenvalue weighted by atomic mass is 9.99. The summed E-state index contributed by atoms with van der Waals surface area (Å²) in [6, 6.07) is 0. The summed E-state index contributed by atoms with van der Waals surface area (Å²) in [5.41, 5.74) is 0. The normalized spacial score (nSPS) is 20.0. The van der Waals surface area contributed by atoms with Crippen LogP contribution in [0.3, 0.4) is 0 Å². The van der Waals surface area contributed by atoms with Gasteiger partial charge in [-0.05, 0) is 32.1 Å². The highest BCUT2D eigenvalue weighted by Gasteiger charge is 2.44. The van der Waals surface area contributed by atoms with Crippen LogP contribution in [0, 0.1) is 0 Å². The van der Waals surface area contributed by atoms with E-state index in [1.165, 1.54) is 135 Å². The summed E-state index contributed by atoms with van der Waals surface area (Å²) in [6.07, 6.45) is 36.6. The SMILES string of the molecule is CCCC/C=C/CCCCCCCC(=O)OC[C@H](CO[C@@H]1O[C@H](CO)[C@H](O)C(O)C1O)OC(=O)CCCCCCCCCCCCCCCCCCCCCCCCC. The molecule has 2 unspecified atom stereocenters. The minimum atomic E-state index is -1.59. The van der Waals surface area contributed by atoms with Gasteiger partial charge < -0.3 is 39.4 Å². The number of aliphatic hydroxyl groups excluding tert-OH is 4. The second kappa shape index (κ2) is 40.5. The zero-order chi connectivity index (χ0) is 43.0. The van der Waals surface area contributed by atoms with E-state index in [2.05, 4.69) is 26.0 Å².